The number of hydrogen-bond acceptors (Lipinski definition) is 1. The molecule has 0 aromatic carbocycles. The Kier molecular flexibility index (Phi) is 6.54. The van der Waals surface area contributed by atoms with Crippen molar-refractivity contribution in [3.8, 4) is 0 Å². The second-order valence-corrected chi connectivity index (χ2v) is 6.64. The second kappa shape index (κ2) is 8.19. The average Bonchev–Trinajstić information content (AvgIpc) is 2.44. The van der Waals surface area contributed by atoms with Gasteiger partial charge in [0, 0.05) is 0 Å². The van der Waals surface area contributed by atoms with Crippen LogP contribution in [0.2, 0.25) is 0 Å². The fourth-order valence-electron chi connectivity index (χ4n) is 4.26. The van der Waals surface area contributed by atoms with E-state index in [0.717, 1.165) is 17.8 Å². The van der Waals surface area contributed by atoms with Crippen molar-refractivity contribution in [2.75, 3.05) is 13.1 Å². The molecule has 2 aliphatic rings. The van der Waals surface area contributed by atoms with Crippen LogP contribution < -0.4 is 5.32 Å². The van der Waals surface area contributed by atoms with Gasteiger partial charge in [-0.3, -0.25) is 0 Å². The Bertz CT molecular complexity index is 204. The van der Waals surface area contributed by atoms with E-state index in [1.54, 1.807) is 0 Å². The maximum absolute atomic E-state index is 3.66. The van der Waals surface area contributed by atoms with Crippen LogP contribution in [0, 0.1) is 17.8 Å². The Balaban J connectivity index is 1.89. The lowest BCUT2D eigenvalue weighted by Gasteiger charge is -2.38. The average molecular weight is 251 g/mol. The van der Waals surface area contributed by atoms with E-state index in [-0.39, 0.29) is 0 Å². The Labute approximate surface area is 114 Å². The Morgan fingerprint density at radius 1 is 0.833 bits per heavy atom. The lowest BCUT2D eigenvalue weighted by atomic mass is 9.72. The molecule has 1 aliphatic heterocycles. The van der Waals surface area contributed by atoms with Gasteiger partial charge in [0.2, 0.25) is 0 Å². The van der Waals surface area contributed by atoms with Crippen molar-refractivity contribution < 1.29 is 0 Å². The maximum Gasteiger partial charge on any atom is -0.00152 e. The highest BCUT2D eigenvalue weighted by Crippen LogP contribution is 2.35. The molecule has 2 rings (SSSR count). The van der Waals surface area contributed by atoms with Gasteiger partial charge in [-0.05, 0) is 37.3 Å². The smallest absolute Gasteiger partial charge is 0.00152 e. The largest absolute Gasteiger partial charge is 0.316 e. The summed E-state index contributed by atoms with van der Waals surface area (Å²) in [7, 11) is 0. The van der Waals surface area contributed by atoms with Crippen LogP contribution in [0.15, 0.2) is 0 Å². The minimum Gasteiger partial charge on any atom is -0.316 e. The molecular formula is C17H33N. The summed E-state index contributed by atoms with van der Waals surface area (Å²) in [6, 6.07) is 0. The Hall–Kier alpha value is -0.0400. The van der Waals surface area contributed by atoms with Gasteiger partial charge in [0.25, 0.3) is 0 Å². The maximum atomic E-state index is 3.66. The molecule has 106 valence electrons. The van der Waals surface area contributed by atoms with Crippen LogP contribution in [-0.4, -0.2) is 13.1 Å². The summed E-state index contributed by atoms with van der Waals surface area (Å²) in [6.45, 7) is 4.98. The molecule has 0 aromatic rings. The minimum absolute atomic E-state index is 0.989. The lowest BCUT2D eigenvalue weighted by molar-refractivity contribution is 0.149. The molecule has 0 amide bonds. The molecule has 1 aliphatic carbocycles. The molecule has 1 saturated carbocycles. The number of rotatable bonds is 2. The molecule has 2 unspecified atom stereocenters. The molecular weight excluding hydrogens is 218 g/mol. The molecule has 0 bridgehead atoms. The van der Waals surface area contributed by atoms with Crippen molar-refractivity contribution in [1.82, 2.24) is 5.32 Å². The topological polar surface area (TPSA) is 12.0 Å². The van der Waals surface area contributed by atoms with E-state index in [2.05, 4.69) is 12.2 Å². The monoisotopic (exact) mass is 251 g/mol. The van der Waals surface area contributed by atoms with Crippen molar-refractivity contribution in [2.24, 2.45) is 17.8 Å². The zero-order valence-corrected chi connectivity index (χ0v) is 12.4. The zero-order valence-electron chi connectivity index (χ0n) is 12.4. The van der Waals surface area contributed by atoms with Gasteiger partial charge >= 0.3 is 0 Å². The summed E-state index contributed by atoms with van der Waals surface area (Å²) >= 11 is 0. The Morgan fingerprint density at radius 3 is 2.06 bits per heavy atom. The molecule has 1 N–H and O–H groups in total. The van der Waals surface area contributed by atoms with Gasteiger partial charge in [-0.15, -0.1) is 0 Å². The van der Waals surface area contributed by atoms with Crippen molar-refractivity contribution >= 4 is 0 Å². The van der Waals surface area contributed by atoms with Crippen LogP contribution in [-0.2, 0) is 0 Å². The van der Waals surface area contributed by atoms with Gasteiger partial charge in [0.1, 0.15) is 0 Å². The van der Waals surface area contributed by atoms with Crippen LogP contribution >= 0.6 is 0 Å². The summed E-state index contributed by atoms with van der Waals surface area (Å²) < 4.78 is 0. The van der Waals surface area contributed by atoms with E-state index in [1.165, 1.54) is 83.7 Å². The molecule has 18 heavy (non-hydrogen) atoms. The van der Waals surface area contributed by atoms with Crippen LogP contribution in [0.4, 0.5) is 0 Å². The highest BCUT2D eigenvalue weighted by Gasteiger charge is 2.30. The second-order valence-electron chi connectivity index (χ2n) is 6.64. The van der Waals surface area contributed by atoms with Crippen molar-refractivity contribution in [3.05, 3.63) is 0 Å². The standard InChI is InChI=1S/C17H33N/c1-2-15-12-13-18-14-17(15)16-10-8-6-4-3-5-7-9-11-16/h15-18H,2-14H2,1H3. The first-order valence-electron chi connectivity index (χ1n) is 8.62. The normalized spacial score (nSPS) is 33.2. The summed E-state index contributed by atoms with van der Waals surface area (Å²) in [5.74, 6) is 3.03. The third-order valence-corrected chi connectivity index (χ3v) is 5.46. The molecule has 0 spiro atoms. The number of hydrogen-bond donors (Lipinski definition) is 1. The fourth-order valence-corrected chi connectivity index (χ4v) is 4.26. The Morgan fingerprint density at radius 2 is 1.44 bits per heavy atom. The minimum atomic E-state index is 0.989. The highest BCUT2D eigenvalue weighted by molar-refractivity contribution is 4.83. The zero-order chi connectivity index (χ0) is 12.6. The number of nitrogens with one attached hydrogen (secondary N) is 1. The third kappa shape index (κ3) is 4.26. The van der Waals surface area contributed by atoms with E-state index in [0.29, 0.717) is 0 Å². The SMILES string of the molecule is CCC1CCNCC1C1CCCCCCCCC1. The van der Waals surface area contributed by atoms with Gasteiger partial charge in [-0.25, -0.2) is 0 Å². The molecule has 1 nitrogen and oxygen atoms in total. The van der Waals surface area contributed by atoms with Crippen LogP contribution in [0.1, 0.15) is 77.6 Å². The predicted octanol–water partition coefficient (Wildman–Crippen LogP) is 4.76. The van der Waals surface area contributed by atoms with Crippen molar-refractivity contribution in [3.63, 3.8) is 0 Å². The highest BCUT2D eigenvalue weighted by atomic mass is 14.9. The van der Waals surface area contributed by atoms with E-state index in [1.807, 2.05) is 0 Å². The molecule has 0 aromatic heterocycles. The van der Waals surface area contributed by atoms with E-state index < -0.39 is 0 Å². The molecule has 1 saturated heterocycles. The van der Waals surface area contributed by atoms with E-state index in [9.17, 15) is 0 Å². The quantitative estimate of drug-likeness (QED) is 0.746. The van der Waals surface area contributed by atoms with Gasteiger partial charge < -0.3 is 5.32 Å². The molecule has 1 heteroatoms. The first-order valence-corrected chi connectivity index (χ1v) is 8.62. The molecule has 1 heterocycles. The van der Waals surface area contributed by atoms with Gasteiger partial charge in [-0.2, -0.15) is 0 Å². The predicted molar refractivity (Wildman–Crippen MR) is 79.8 cm³/mol. The van der Waals surface area contributed by atoms with E-state index in [4.69, 9.17) is 0 Å². The summed E-state index contributed by atoms with van der Waals surface area (Å²) in [5, 5.41) is 3.66. The van der Waals surface area contributed by atoms with Crippen molar-refractivity contribution in [1.29, 1.82) is 0 Å². The first kappa shape index (κ1) is 14.4. The third-order valence-electron chi connectivity index (χ3n) is 5.46. The van der Waals surface area contributed by atoms with Crippen LogP contribution in [0.5, 0.6) is 0 Å². The first-order chi connectivity index (χ1) is 8.92. The molecule has 0 radical (unpaired) electrons. The lowest BCUT2D eigenvalue weighted by Crippen LogP contribution is -2.40. The summed E-state index contributed by atoms with van der Waals surface area (Å²) in [4.78, 5) is 0. The summed E-state index contributed by atoms with van der Waals surface area (Å²) in [6.07, 6.45) is 16.3. The van der Waals surface area contributed by atoms with E-state index >= 15 is 0 Å². The molecule has 2 fully saturated rings. The van der Waals surface area contributed by atoms with Crippen LogP contribution in [0.25, 0.3) is 0 Å². The van der Waals surface area contributed by atoms with Gasteiger partial charge in [0.05, 0.1) is 0 Å². The van der Waals surface area contributed by atoms with Crippen LogP contribution in [0.3, 0.4) is 0 Å². The van der Waals surface area contributed by atoms with Gasteiger partial charge in [-0.1, -0.05) is 71.1 Å². The van der Waals surface area contributed by atoms with Crippen molar-refractivity contribution in [2.45, 2.75) is 77.6 Å². The fraction of sp³-hybridized carbons (Fsp3) is 1.00. The van der Waals surface area contributed by atoms with Gasteiger partial charge in [0.15, 0.2) is 0 Å². The summed E-state index contributed by atoms with van der Waals surface area (Å²) in [5.41, 5.74) is 0. The number of piperidine rings is 1. The molecule has 2 atom stereocenters.